The van der Waals surface area contributed by atoms with E-state index in [9.17, 15) is 18.4 Å². The van der Waals surface area contributed by atoms with Crippen LogP contribution in [0.1, 0.15) is 41.4 Å². The van der Waals surface area contributed by atoms with Crippen LogP contribution < -0.4 is 16.4 Å². The van der Waals surface area contributed by atoms with E-state index in [-0.39, 0.29) is 23.3 Å². The van der Waals surface area contributed by atoms with Crippen LogP contribution >= 0.6 is 0 Å². The third kappa shape index (κ3) is 4.17. The first-order valence-corrected chi connectivity index (χ1v) is 10.5. The lowest BCUT2D eigenvalue weighted by Crippen LogP contribution is -2.21. The van der Waals surface area contributed by atoms with Gasteiger partial charge in [0.05, 0.1) is 10.9 Å². The maximum Gasteiger partial charge on any atom is 0.323 e. The third-order valence-corrected chi connectivity index (χ3v) is 5.38. The second-order valence-corrected chi connectivity index (χ2v) is 8.04. The van der Waals surface area contributed by atoms with Crippen molar-refractivity contribution in [1.29, 1.82) is 0 Å². The molecule has 2 aromatic carbocycles. The van der Waals surface area contributed by atoms with Gasteiger partial charge in [0, 0.05) is 23.5 Å². The predicted molar refractivity (Wildman–Crippen MR) is 126 cm³/mol. The van der Waals surface area contributed by atoms with E-state index in [1.807, 2.05) is 18.4 Å². The second kappa shape index (κ2) is 8.89. The number of para-hydroxylation sites is 1. The molecular formula is C24H22F2N6O2. The van der Waals surface area contributed by atoms with Gasteiger partial charge >= 0.3 is 6.03 Å². The van der Waals surface area contributed by atoms with E-state index >= 15 is 0 Å². The molecule has 2 heterocycles. The lowest BCUT2D eigenvalue weighted by molar-refractivity contribution is 0.103. The Bertz CT molecular complexity index is 1410. The molecule has 4 aromatic rings. The van der Waals surface area contributed by atoms with Gasteiger partial charge in [-0.25, -0.2) is 23.5 Å². The molecule has 10 heteroatoms. The number of ketones is 1. The van der Waals surface area contributed by atoms with E-state index in [4.69, 9.17) is 5.73 Å². The fourth-order valence-corrected chi connectivity index (χ4v) is 3.66. The van der Waals surface area contributed by atoms with E-state index < -0.39 is 23.4 Å². The summed E-state index contributed by atoms with van der Waals surface area (Å²) in [5.74, 6) is -1.95. The highest BCUT2D eigenvalue weighted by Crippen LogP contribution is 2.30. The van der Waals surface area contributed by atoms with Gasteiger partial charge in [0.25, 0.3) is 0 Å². The number of aryl methyl sites for hydroxylation is 1. The zero-order valence-electron chi connectivity index (χ0n) is 18.7. The molecule has 0 saturated carbocycles. The van der Waals surface area contributed by atoms with Gasteiger partial charge in [0.15, 0.2) is 5.78 Å². The number of nitrogens with zero attached hydrogens (tertiary/aromatic N) is 3. The monoisotopic (exact) mass is 464 g/mol. The number of hydrogen-bond acceptors (Lipinski definition) is 5. The maximum atomic E-state index is 13.8. The molecular weight excluding hydrogens is 442 g/mol. The number of nitrogens with two attached hydrogens (primary N) is 1. The Balaban J connectivity index is 1.67. The van der Waals surface area contributed by atoms with Crippen LogP contribution in [0.15, 0.2) is 48.9 Å². The Morgan fingerprint density at radius 2 is 1.74 bits per heavy atom. The van der Waals surface area contributed by atoms with Crippen molar-refractivity contribution in [3.63, 3.8) is 0 Å². The van der Waals surface area contributed by atoms with Gasteiger partial charge in [-0.2, -0.15) is 0 Å². The maximum absolute atomic E-state index is 13.8. The smallest absolute Gasteiger partial charge is 0.323 e. The number of halogens is 2. The summed E-state index contributed by atoms with van der Waals surface area (Å²) in [6, 6.07) is 7.16. The number of urea groups is 1. The van der Waals surface area contributed by atoms with Crippen molar-refractivity contribution in [2.24, 2.45) is 0 Å². The summed E-state index contributed by atoms with van der Waals surface area (Å²) in [4.78, 5) is 34.2. The first-order chi connectivity index (χ1) is 16.2. The van der Waals surface area contributed by atoms with Crippen molar-refractivity contribution in [2.45, 2.75) is 26.8 Å². The van der Waals surface area contributed by atoms with Crippen LogP contribution in [0.5, 0.6) is 0 Å². The Labute approximate surface area is 193 Å². The normalized spacial score (nSPS) is 11.1. The highest BCUT2D eigenvalue weighted by atomic mass is 19.1. The van der Waals surface area contributed by atoms with Gasteiger partial charge in [-0.1, -0.05) is 12.1 Å². The van der Waals surface area contributed by atoms with E-state index in [2.05, 4.69) is 20.6 Å². The summed E-state index contributed by atoms with van der Waals surface area (Å²) in [6.45, 7) is 5.67. The zero-order chi connectivity index (χ0) is 24.6. The fourth-order valence-electron chi connectivity index (χ4n) is 3.66. The number of amides is 2. The molecule has 4 N–H and O–H groups in total. The van der Waals surface area contributed by atoms with Gasteiger partial charge in [-0.15, -0.1) is 0 Å². The van der Waals surface area contributed by atoms with Gasteiger partial charge in [-0.3, -0.25) is 4.79 Å². The molecule has 0 saturated heterocycles. The topological polar surface area (TPSA) is 115 Å². The molecule has 2 amide bonds. The summed E-state index contributed by atoms with van der Waals surface area (Å²) >= 11 is 0. The average molecular weight is 464 g/mol. The van der Waals surface area contributed by atoms with Crippen LogP contribution in [0.25, 0.3) is 11.0 Å². The number of carbonyl (C=O) groups is 2. The third-order valence-electron chi connectivity index (χ3n) is 5.38. The Kier molecular flexibility index (Phi) is 5.97. The van der Waals surface area contributed by atoms with Crippen LogP contribution in [-0.2, 0) is 0 Å². The molecule has 4 rings (SSSR count). The largest absolute Gasteiger partial charge is 0.383 e. The highest BCUT2D eigenvalue weighted by molar-refractivity contribution is 6.19. The summed E-state index contributed by atoms with van der Waals surface area (Å²) in [6.07, 6.45) is 3.04. The number of aromatic nitrogens is 3. The summed E-state index contributed by atoms with van der Waals surface area (Å²) < 4.78 is 29.5. The van der Waals surface area contributed by atoms with Crippen molar-refractivity contribution in [3.05, 3.63) is 77.2 Å². The predicted octanol–water partition coefficient (Wildman–Crippen LogP) is 5.06. The van der Waals surface area contributed by atoms with Crippen molar-refractivity contribution in [3.8, 4) is 0 Å². The van der Waals surface area contributed by atoms with Crippen molar-refractivity contribution >= 4 is 40.0 Å². The van der Waals surface area contributed by atoms with Gasteiger partial charge in [-0.05, 0) is 50.6 Å². The number of hydrogen-bond donors (Lipinski definition) is 3. The lowest BCUT2D eigenvalue weighted by atomic mass is 9.98. The minimum Gasteiger partial charge on any atom is -0.383 e. The molecule has 2 aromatic heterocycles. The number of rotatable bonds is 5. The highest BCUT2D eigenvalue weighted by Gasteiger charge is 2.23. The van der Waals surface area contributed by atoms with E-state index in [1.165, 1.54) is 18.5 Å². The Hall–Kier alpha value is -4.34. The molecule has 0 aliphatic heterocycles. The first kappa shape index (κ1) is 22.8. The second-order valence-electron chi connectivity index (χ2n) is 8.04. The number of nitrogens with one attached hydrogen (secondary N) is 2. The SMILES string of the molecule is Cc1ccc(NC(=O)Nc2c(F)cccc2F)cc1C(=O)c1cn(C(C)C)c2ncnc(N)c12. The molecule has 0 radical (unpaired) electrons. The number of benzene rings is 2. The van der Waals surface area contributed by atoms with Gasteiger partial charge in [0.2, 0.25) is 0 Å². The molecule has 0 fully saturated rings. The summed E-state index contributed by atoms with van der Waals surface area (Å²) in [7, 11) is 0. The van der Waals surface area contributed by atoms with Crippen LogP contribution in [0.2, 0.25) is 0 Å². The minimum absolute atomic E-state index is 0.0231. The van der Waals surface area contributed by atoms with Gasteiger partial charge < -0.3 is 20.9 Å². The molecule has 0 aliphatic carbocycles. The molecule has 0 spiro atoms. The summed E-state index contributed by atoms with van der Waals surface area (Å²) in [5, 5.41) is 5.10. The van der Waals surface area contributed by atoms with Crippen LogP contribution in [0.4, 0.5) is 30.8 Å². The fraction of sp³-hybridized carbons (Fsp3) is 0.167. The van der Waals surface area contributed by atoms with Gasteiger partial charge in [0.1, 0.15) is 35.1 Å². The molecule has 0 bridgehead atoms. The molecule has 174 valence electrons. The zero-order valence-corrected chi connectivity index (χ0v) is 18.7. The Morgan fingerprint density at radius 3 is 2.41 bits per heavy atom. The Morgan fingerprint density at radius 1 is 1.03 bits per heavy atom. The minimum atomic E-state index is -0.906. The van der Waals surface area contributed by atoms with Crippen molar-refractivity contribution < 1.29 is 18.4 Å². The van der Waals surface area contributed by atoms with E-state index in [1.54, 1.807) is 25.3 Å². The van der Waals surface area contributed by atoms with E-state index in [0.29, 0.717) is 27.7 Å². The van der Waals surface area contributed by atoms with Crippen LogP contribution in [0.3, 0.4) is 0 Å². The average Bonchev–Trinajstić information content (AvgIpc) is 3.19. The number of carbonyl (C=O) groups excluding carboxylic acids is 2. The standard InChI is InChI=1S/C24H22F2N6O2/c1-12(2)32-10-16(19-22(27)28-11-29-23(19)32)21(33)15-9-14(8-7-13(15)3)30-24(34)31-20-17(25)5-4-6-18(20)26/h4-12H,1-3H3,(H2,27,28,29)(H2,30,31,34). The number of fused-ring (bicyclic) bond motifs is 1. The quantitative estimate of drug-likeness (QED) is 0.357. The molecule has 0 aliphatic rings. The van der Waals surface area contributed by atoms with Crippen molar-refractivity contribution in [1.82, 2.24) is 14.5 Å². The molecule has 8 nitrogen and oxygen atoms in total. The molecule has 34 heavy (non-hydrogen) atoms. The number of anilines is 3. The van der Waals surface area contributed by atoms with Crippen LogP contribution in [-0.4, -0.2) is 26.3 Å². The lowest BCUT2D eigenvalue weighted by Gasteiger charge is -2.11. The summed E-state index contributed by atoms with van der Waals surface area (Å²) in [5.41, 5.74) is 7.63. The number of nitrogen functional groups attached to an aromatic ring is 1. The molecule has 0 unspecified atom stereocenters. The molecule has 0 atom stereocenters. The van der Waals surface area contributed by atoms with E-state index in [0.717, 1.165) is 12.1 Å². The van der Waals surface area contributed by atoms with Crippen molar-refractivity contribution in [2.75, 3.05) is 16.4 Å². The van der Waals surface area contributed by atoms with Crippen LogP contribution in [0, 0.1) is 18.6 Å². The first-order valence-electron chi connectivity index (χ1n) is 10.5.